The van der Waals surface area contributed by atoms with Gasteiger partial charge in [-0.25, -0.2) is 0 Å². The predicted octanol–water partition coefficient (Wildman–Crippen LogP) is 5.26. The molecule has 0 aromatic heterocycles. The van der Waals surface area contributed by atoms with Crippen molar-refractivity contribution in [2.75, 3.05) is 11.5 Å². The van der Waals surface area contributed by atoms with E-state index in [0.29, 0.717) is 5.75 Å². The Morgan fingerprint density at radius 2 is 1.24 bits per heavy atom. The molecule has 0 atom stereocenters. The molecule has 4 rings (SSSR count). The van der Waals surface area contributed by atoms with Crippen LogP contribution in [0.25, 0.3) is 10.8 Å². The summed E-state index contributed by atoms with van der Waals surface area (Å²) in [7, 11) is 0. The Kier molecular flexibility index (Phi) is 6.25. The third-order valence-corrected chi connectivity index (χ3v) is 4.90. The van der Waals surface area contributed by atoms with Crippen molar-refractivity contribution in [2.24, 2.45) is 0 Å². The van der Waals surface area contributed by atoms with E-state index < -0.39 is 0 Å². The molecule has 0 fully saturated rings. The number of anilines is 2. The van der Waals surface area contributed by atoms with Gasteiger partial charge in [0, 0.05) is 22.1 Å². The van der Waals surface area contributed by atoms with E-state index in [9.17, 15) is 5.11 Å². The normalized spacial score (nSPS) is 10.4. The number of rotatable bonds is 3. The van der Waals surface area contributed by atoms with Crippen LogP contribution in [-0.2, 0) is 12.8 Å². The second kappa shape index (κ2) is 9.02. The molecule has 0 bridgehead atoms. The molecule has 0 heterocycles. The first-order valence-corrected chi connectivity index (χ1v) is 9.59. The summed E-state index contributed by atoms with van der Waals surface area (Å²) in [6.45, 7) is 2.09. The molecule has 4 heteroatoms. The minimum atomic E-state index is 0.271. The molecular formula is C25H26N2O2. The average molecular weight is 386 g/mol. The van der Waals surface area contributed by atoms with Gasteiger partial charge in [-0.05, 0) is 59.9 Å². The van der Waals surface area contributed by atoms with Gasteiger partial charge in [-0.15, -0.1) is 0 Å². The van der Waals surface area contributed by atoms with Gasteiger partial charge in [-0.3, -0.25) is 0 Å². The molecule has 0 aliphatic rings. The third kappa shape index (κ3) is 4.99. The average Bonchev–Trinajstić information content (AvgIpc) is 2.73. The highest BCUT2D eigenvalue weighted by Crippen LogP contribution is 2.30. The molecule has 0 unspecified atom stereocenters. The predicted molar refractivity (Wildman–Crippen MR) is 121 cm³/mol. The molecule has 0 saturated heterocycles. The number of phenols is 2. The Balaban J connectivity index is 0.000000224. The largest absolute Gasteiger partial charge is 0.508 e. The van der Waals surface area contributed by atoms with Crippen LogP contribution in [0.15, 0.2) is 78.9 Å². The lowest BCUT2D eigenvalue weighted by Crippen LogP contribution is -1.98. The van der Waals surface area contributed by atoms with Crippen LogP contribution < -0.4 is 11.5 Å². The second-order valence-corrected chi connectivity index (χ2v) is 6.94. The Labute approximate surface area is 171 Å². The molecule has 148 valence electrons. The van der Waals surface area contributed by atoms with Crippen LogP contribution in [0.5, 0.6) is 11.5 Å². The third-order valence-electron chi connectivity index (χ3n) is 4.90. The van der Waals surface area contributed by atoms with E-state index >= 15 is 0 Å². The van der Waals surface area contributed by atoms with Crippen LogP contribution in [0, 0.1) is 0 Å². The standard InChI is InChI=1S/C17H16N2O.C8H10O/c18-16-3-1-2-15-14(16)9-6-12(17(15)19)10-11-4-7-13(20)8-5-11;1-2-7-3-5-8(9)6-4-7/h1-9,20H,10,18-19H2;3-6,9H,2H2,1H3. The summed E-state index contributed by atoms with van der Waals surface area (Å²) < 4.78 is 0. The molecule has 4 aromatic carbocycles. The quantitative estimate of drug-likeness (QED) is 0.362. The van der Waals surface area contributed by atoms with E-state index in [2.05, 4.69) is 6.92 Å². The minimum Gasteiger partial charge on any atom is -0.508 e. The summed E-state index contributed by atoms with van der Waals surface area (Å²) in [4.78, 5) is 0. The van der Waals surface area contributed by atoms with Crippen molar-refractivity contribution in [1.29, 1.82) is 0 Å². The van der Waals surface area contributed by atoms with Gasteiger partial charge >= 0.3 is 0 Å². The van der Waals surface area contributed by atoms with E-state index in [1.165, 1.54) is 5.56 Å². The molecule has 0 spiro atoms. The number of fused-ring (bicyclic) bond motifs is 1. The molecule has 0 aliphatic heterocycles. The zero-order chi connectivity index (χ0) is 20.8. The van der Waals surface area contributed by atoms with Crippen LogP contribution in [0.3, 0.4) is 0 Å². The number of phenolic OH excluding ortho intramolecular Hbond substituents is 2. The number of aromatic hydroxyl groups is 2. The first-order valence-electron chi connectivity index (χ1n) is 9.59. The highest BCUT2D eigenvalue weighted by atomic mass is 16.3. The van der Waals surface area contributed by atoms with Gasteiger partial charge in [-0.1, -0.05) is 55.5 Å². The van der Waals surface area contributed by atoms with Crippen LogP contribution in [0.4, 0.5) is 11.4 Å². The fraction of sp³-hybridized carbons (Fsp3) is 0.120. The monoisotopic (exact) mass is 386 g/mol. The first-order chi connectivity index (χ1) is 14.0. The van der Waals surface area contributed by atoms with E-state index in [0.717, 1.165) is 46.1 Å². The molecule has 29 heavy (non-hydrogen) atoms. The number of nitrogens with two attached hydrogens (primary N) is 2. The molecule has 0 amide bonds. The van der Waals surface area contributed by atoms with Crippen molar-refractivity contribution >= 4 is 22.1 Å². The van der Waals surface area contributed by atoms with Crippen molar-refractivity contribution in [3.05, 3.63) is 95.6 Å². The van der Waals surface area contributed by atoms with Crippen molar-refractivity contribution in [1.82, 2.24) is 0 Å². The van der Waals surface area contributed by atoms with Crippen LogP contribution in [0.2, 0.25) is 0 Å². The maximum atomic E-state index is 9.31. The van der Waals surface area contributed by atoms with Crippen LogP contribution in [0.1, 0.15) is 23.6 Å². The van der Waals surface area contributed by atoms with E-state index in [1.807, 2.05) is 54.6 Å². The molecule has 4 aromatic rings. The van der Waals surface area contributed by atoms with E-state index in [4.69, 9.17) is 16.6 Å². The van der Waals surface area contributed by atoms with Gasteiger partial charge in [0.2, 0.25) is 0 Å². The van der Waals surface area contributed by atoms with Gasteiger partial charge in [0.05, 0.1) is 0 Å². The molecule has 4 nitrogen and oxygen atoms in total. The van der Waals surface area contributed by atoms with Crippen LogP contribution >= 0.6 is 0 Å². The lowest BCUT2D eigenvalue weighted by atomic mass is 9.98. The van der Waals surface area contributed by atoms with Crippen molar-refractivity contribution in [2.45, 2.75) is 19.8 Å². The molecule has 0 saturated carbocycles. The summed E-state index contributed by atoms with van der Waals surface area (Å²) >= 11 is 0. The van der Waals surface area contributed by atoms with Gasteiger partial charge in [-0.2, -0.15) is 0 Å². The smallest absolute Gasteiger partial charge is 0.115 e. The number of aryl methyl sites for hydroxylation is 1. The Morgan fingerprint density at radius 1 is 0.655 bits per heavy atom. The minimum absolute atomic E-state index is 0.271. The van der Waals surface area contributed by atoms with Gasteiger partial charge in [0.15, 0.2) is 0 Å². The molecule has 0 aliphatic carbocycles. The fourth-order valence-electron chi connectivity index (χ4n) is 3.17. The highest BCUT2D eigenvalue weighted by molar-refractivity contribution is 6.01. The number of hydrogen-bond acceptors (Lipinski definition) is 4. The van der Waals surface area contributed by atoms with Gasteiger partial charge in [0.25, 0.3) is 0 Å². The fourth-order valence-corrected chi connectivity index (χ4v) is 3.17. The lowest BCUT2D eigenvalue weighted by Gasteiger charge is -2.11. The van der Waals surface area contributed by atoms with E-state index in [-0.39, 0.29) is 5.75 Å². The zero-order valence-corrected chi connectivity index (χ0v) is 16.5. The lowest BCUT2D eigenvalue weighted by molar-refractivity contribution is 0.474. The zero-order valence-electron chi connectivity index (χ0n) is 16.5. The van der Waals surface area contributed by atoms with Gasteiger partial charge in [0.1, 0.15) is 11.5 Å². The van der Waals surface area contributed by atoms with E-state index in [1.54, 1.807) is 24.3 Å². The topological polar surface area (TPSA) is 92.5 Å². The van der Waals surface area contributed by atoms with Crippen molar-refractivity contribution in [3.63, 3.8) is 0 Å². The number of benzene rings is 4. The number of nitrogen functional groups attached to an aromatic ring is 2. The first kappa shape index (κ1) is 20.1. The summed E-state index contributed by atoms with van der Waals surface area (Å²) in [5.41, 5.74) is 17.2. The summed E-state index contributed by atoms with van der Waals surface area (Å²) in [6.07, 6.45) is 1.76. The van der Waals surface area contributed by atoms with Gasteiger partial charge < -0.3 is 21.7 Å². The highest BCUT2D eigenvalue weighted by Gasteiger charge is 2.07. The van der Waals surface area contributed by atoms with Crippen molar-refractivity contribution in [3.8, 4) is 11.5 Å². The Hall–Kier alpha value is -3.66. The summed E-state index contributed by atoms with van der Waals surface area (Å²) in [5.74, 6) is 0.611. The molecular weight excluding hydrogens is 360 g/mol. The summed E-state index contributed by atoms with van der Waals surface area (Å²) in [5, 5.41) is 20.1. The second-order valence-electron chi connectivity index (χ2n) is 6.94. The SMILES string of the molecule is CCc1ccc(O)cc1.Nc1cccc2c(N)c(Cc3ccc(O)cc3)ccc12. The Bertz CT molecular complexity index is 1090. The maximum Gasteiger partial charge on any atom is 0.115 e. The number of hydrogen-bond donors (Lipinski definition) is 4. The summed E-state index contributed by atoms with van der Waals surface area (Å²) in [6, 6.07) is 24.2. The van der Waals surface area contributed by atoms with Crippen molar-refractivity contribution < 1.29 is 10.2 Å². The Morgan fingerprint density at radius 3 is 1.83 bits per heavy atom. The molecule has 6 N–H and O–H groups in total. The maximum absolute atomic E-state index is 9.31. The van der Waals surface area contributed by atoms with Crippen LogP contribution in [-0.4, -0.2) is 10.2 Å². The molecule has 0 radical (unpaired) electrons.